The first-order valence-electron chi connectivity index (χ1n) is 6.97. The van der Waals surface area contributed by atoms with Gasteiger partial charge in [0.1, 0.15) is 6.61 Å². The summed E-state index contributed by atoms with van der Waals surface area (Å²) >= 11 is 0. The standard InChI is InChI=1S/C13H24F2N2O2/c1-2-17(9-11-3-6-16-7-4-11)13(18)5-8-19-10-12(14)15/h11-12,16H,2-10H2,1H3. The zero-order valence-corrected chi connectivity index (χ0v) is 11.5. The Morgan fingerprint density at radius 1 is 1.42 bits per heavy atom. The SMILES string of the molecule is CCN(CC1CCNCC1)C(=O)CCOCC(F)F. The highest BCUT2D eigenvalue weighted by Crippen LogP contribution is 2.14. The Balaban J connectivity index is 2.22. The zero-order valence-electron chi connectivity index (χ0n) is 11.5. The lowest BCUT2D eigenvalue weighted by Gasteiger charge is -2.29. The lowest BCUT2D eigenvalue weighted by molar-refractivity contribution is -0.133. The maximum Gasteiger partial charge on any atom is 0.261 e. The molecule has 4 nitrogen and oxygen atoms in total. The molecule has 0 atom stereocenters. The Hall–Kier alpha value is -0.750. The Kier molecular flexibility index (Phi) is 7.90. The van der Waals surface area contributed by atoms with Gasteiger partial charge in [0.15, 0.2) is 0 Å². The summed E-state index contributed by atoms with van der Waals surface area (Å²) in [7, 11) is 0. The van der Waals surface area contributed by atoms with E-state index in [2.05, 4.69) is 5.32 Å². The van der Waals surface area contributed by atoms with Gasteiger partial charge in [0.25, 0.3) is 6.43 Å². The summed E-state index contributed by atoms with van der Waals surface area (Å²) in [6.45, 7) is 4.88. The van der Waals surface area contributed by atoms with E-state index in [1.165, 1.54) is 0 Å². The van der Waals surface area contributed by atoms with Gasteiger partial charge in [0.05, 0.1) is 13.0 Å². The highest BCUT2D eigenvalue weighted by Gasteiger charge is 2.19. The molecule has 1 aliphatic rings. The minimum Gasteiger partial charge on any atom is -0.375 e. The first-order chi connectivity index (χ1) is 9.13. The minimum absolute atomic E-state index is 0.00435. The molecule has 0 unspecified atom stereocenters. The largest absolute Gasteiger partial charge is 0.375 e. The Labute approximate surface area is 113 Å². The molecule has 0 aliphatic carbocycles. The number of hydrogen-bond acceptors (Lipinski definition) is 3. The molecule has 0 spiro atoms. The van der Waals surface area contributed by atoms with E-state index in [9.17, 15) is 13.6 Å². The summed E-state index contributed by atoms with van der Waals surface area (Å²) < 4.78 is 28.5. The second kappa shape index (κ2) is 9.20. The molecule has 1 amide bonds. The molecular weight excluding hydrogens is 254 g/mol. The summed E-state index contributed by atoms with van der Waals surface area (Å²) in [5, 5.41) is 3.29. The molecule has 1 saturated heterocycles. The molecule has 0 bridgehead atoms. The fourth-order valence-electron chi connectivity index (χ4n) is 2.27. The van der Waals surface area contributed by atoms with Crippen LogP contribution in [0.1, 0.15) is 26.2 Å². The monoisotopic (exact) mass is 278 g/mol. The number of alkyl halides is 2. The average Bonchev–Trinajstić information content (AvgIpc) is 2.41. The smallest absolute Gasteiger partial charge is 0.261 e. The molecule has 112 valence electrons. The van der Waals surface area contributed by atoms with Crippen molar-refractivity contribution in [1.82, 2.24) is 10.2 Å². The number of nitrogens with one attached hydrogen (secondary N) is 1. The summed E-state index contributed by atoms with van der Waals surface area (Å²) in [4.78, 5) is 13.7. The van der Waals surface area contributed by atoms with Gasteiger partial charge >= 0.3 is 0 Å². The van der Waals surface area contributed by atoms with E-state index in [0.29, 0.717) is 12.5 Å². The maximum absolute atomic E-state index is 11.9. The number of hydrogen-bond donors (Lipinski definition) is 1. The molecule has 0 aromatic carbocycles. The second-order valence-corrected chi connectivity index (χ2v) is 4.84. The molecule has 1 heterocycles. The van der Waals surface area contributed by atoms with E-state index in [4.69, 9.17) is 4.74 Å². The average molecular weight is 278 g/mol. The molecule has 0 aromatic heterocycles. The van der Waals surface area contributed by atoms with Crippen molar-refractivity contribution < 1.29 is 18.3 Å². The fourth-order valence-corrected chi connectivity index (χ4v) is 2.27. The number of rotatable bonds is 8. The number of piperidine rings is 1. The van der Waals surface area contributed by atoms with Gasteiger partial charge in [-0.05, 0) is 38.8 Å². The first kappa shape index (κ1) is 16.3. The molecule has 0 saturated carbocycles. The number of ether oxygens (including phenoxy) is 1. The second-order valence-electron chi connectivity index (χ2n) is 4.84. The topological polar surface area (TPSA) is 41.6 Å². The molecule has 1 N–H and O–H groups in total. The molecule has 19 heavy (non-hydrogen) atoms. The molecule has 1 rings (SSSR count). The lowest BCUT2D eigenvalue weighted by Crippen LogP contribution is -2.39. The first-order valence-corrected chi connectivity index (χ1v) is 6.97. The van der Waals surface area contributed by atoms with E-state index in [1.807, 2.05) is 11.8 Å². The van der Waals surface area contributed by atoms with Crippen LogP contribution in [0.4, 0.5) is 8.78 Å². The minimum atomic E-state index is -2.47. The van der Waals surface area contributed by atoms with Crippen molar-refractivity contribution >= 4 is 5.91 Å². The van der Waals surface area contributed by atoms with Gasteiger partial charge < -0.3 is 15.0 Å². The van der Waals surface area contributed by atoms with Gasteiger partial charge in [-0.1, -0.05) is 0 Å². The Morgan fingerprint density at radius 2 is 2.11 bits per heavy atom. The van der Waals surface area contributed by atoms with Crippen molar-refractivity contribution in [3.05, 3.63) is 0 Å². The summed E-state index contributed by atoms with van der Waals surface area (Å²) in [5.74, 6) is 0.544. The van der Waals surface area contributed by atoms with Gasteiger partial charge in [-0.3, -0.25) is 4.79 Å². The van der Waals surface area contributed by atoms with E-state index in [1.54, 1.807) is 0 Å². The van der Waals surface area contributed by atoms with Gasteiger partial charge in [-0.15, -0.1) is 0 Å². The van der Waals surface area contributed by atoms with E-state index in [-0.39, 0.29) is 18.9 Å². The van der Waals surface area contributed by atoms with Crippen LogP contribution >= 0.6 is 0 Å². The van der Waals surface area contributed by atoms with Crippen LogP contribution in [-0.2, 0) is 9.53 Å². The van der Waals surface area contributed by atoms with Gasteiger partial charge in [-0.25, -0.2) is 8.78 Å². The Morgan fingerprint density at radius 3 is 2.68 bits per heavy atom. The molecule has 1 fully saturated rings. The normalized spacial score (nSPS) is 16.8. The van der Waals surface area contributed by atoms with Crippen LogP contribution in [0.5, 0.6) is 0 Å². The summed E-state index contributed by atoms with van der Waals surface area (Å²) in [5.41, 5.74) is 0. The van der Waals surface area contributed by atoms with Crippen LogP contribution in [0.3, 0.4) is 0 Å². The number of carbonyl (C=O) groups excluding carboxylic acids is 1. The van der Waals surface area contributed by atoms with Gasteiger partial charge in [-0.2, -0.15) is 0 Å². The Bertz CT molecular complexity index is 259. The number of amides is 1. The van der Waals surface area contributed by atoms with Crippen LogP contribution in [0, 0.1) is 5.92 Å². The van der Waals surface area contributed by atoms with Crippen molar-refractivity contribution in [2.75, 3.05) is 39.4 Å². The predicted molar refractivity (Wildman–Crippen MR) is 69.3 cm³/mol. The third-order valence-corrected chi connectivity index (χ3v) is 3.38. The van der Waals surface area contributed by atoms with Crippen molar-refractivity contribution in [3.63, 3.8) is 0 Å². The van der Waals surface area contributed by atoms with Crippen molar-refractivity contribution in [1.29, 1.82) is 0 Å². The summed E-state index contributed by atoms with van der Waals surface area (Å²) in [6.07, 6.45) is -0.102. The van der Waals surface area contributed by atoms with Crippen LogP contribution in [0.2, 0.25) is 0 Å². The highest BCUT2D eigenvalue weighted by atomic mass is 19.3. The van der Waals surface area contributed by atoms with E-state index < -0.39 is 13.0 Å². The van der Waals surface area contributed by atoms with Crippen molar-refractivity contribution in [2.45, 2.75) is 32.6 Å². The van der Waals surface area contributed by atoms with Crippen LogP contribution in [0.25, 0.3) is 0 Å². The van der Waals surface area contributed by atoms with Gasteiger partial charge in [0.2, 0.25) is 5.91 Å². The van der Waals surface area contributed by atoms with Crippen LogP contribution in [-0.4, -0.2) is 56.6 Å². The predicted octanol–water partition coefficient (Wildman–Crippen LogP) is 1.51. The van der Waals surface area contributed by atoms with Crippen molar-refractivity contribution in [2.24, 2.45) is 5.92 Å². The fraction of sp³-hybridized carbons (Fsp3) is 0.923. The number of carbonyl (C=O) groups is 1. The van der Waals surface area contributed by atoms with E-state index >= 15 is 0 Å². The third-order valence-electron chi connectivity index (χ3n) is 3.38. The quantitative estimate of drug-likeness (QED) is 0.684. The van der Waals surface area contributed by atoms with Crippen LogP contribution in [0.15, 0.2) is 0 Å². The molecule has 6 heteroatoms. The molecular formula is C13H24F2N2O2. The molecule has 1 aliphatic heterocycles. The van der Waals surface area contributed by atoms with Crippen LogP contribution < -0.4 is 5.32 Å². The number of halogens is 2. The summed E-state index contributed by atoms with van der Waals surface area (Å²) in [6, 6.07) is 0. The maximum atomic E-state index is 11.9. The van der Waals surface area contributed by atoms with Crippen molar-refractivity contribution in [3.8, 4) is 0 Å². The highest BCUT2D eigenvalue weighted by molar-refractivity contribution is 5.76. The van der Waals surface area contributed by atoms with E-state index in [0.717, 1.165) is 32.5 Å². The third kappa shape index (κ3) is 6.82. The lowest BCUT2D eigenvalue weighted by atomic mass is 9.97. The molecule has 0 radical (unpaired) electrons. The number of nitrogens with zero attached hydrogens (tertiary/aromatic N) is 1. The van der Waals surface area contributed by atoms with Gasteiger partial charge in [0, 0.05) is 13.1 Å². The zero-order chi connectivity index (χ0) is 14.1. The molecule has 0 aromatic rings.